The number of hydrogen-bond acceptors (Lipinski definition) is 6. The first-order chi connectivity index (χ1) is 12.1. The Morgan fingerprint density at radius 3 is 2.64 bits per heavy atom. The van der Waals surface area contributed by atoms with Crippen molar-refractivity contribution in [3.63, 3.8) is 0 Å². The molecule has 0 aliphatic rings. The number of ether oxygens (including phenoxy) is 1. The second-order valence-corrected chi connectivity index (χ2v) is 6.01. The highest BCUT2D eigenvalue weighted by Gasteiger charge is 2.13. The van der Waals surface area contributed by atoms with Gasteiger partial charge in [0.1, 0.15) is 12.1 Å². The number of hydrogen-bond donors (Lipinski definition) is 0. The van der Waals surface area contributed by atoms with E-state index in [0.29, 0.717) is 22.3 Å². The smallest absolute Gasteiger partial charge is 0.246 e. The van der Waals surface area contributed by atoms with Crippen LogP contribution in [0.2, 0.25) is 10.3 Å². The summed E-state index contributed by atoms with van der Waals surface area (Å²) in [5.74, 6) is 0.918. The minimum Gasteiger partial charge on any atom is -0.437 e. The Bertz CT molecular complexity index is 1070. The minimum atomic E-state index is 0.163. The molecule has 0 N–H and O–H groups in total. The predicted octanol–water partition coefficient (Wildman–Crippen LogP) is 3.99. The molecule has 7 nitrogen and oxygen atoms in total. The van der Waals surface area contributed by atoms with E-state index in [1.54, 1.807) is 36.7 Å². The van der Waals surface area contributed by atoms with E-state index in [0.717, 1.165) is 16.7 Å². The highest BCUT2D eigenvalue weighted by atomic mass is 35.5. The molecule has 9 heteroatoms. The topological polar surface area (TPSA) is 78.1 Å². The van der Waals surface area contributed by atoms with E-state index in [1.165, 1.54) is 10.8 Å². The van der Waals surface area contributed by atoms with Crippen molar-refractivity contribution in [2.45, 2.75) is 6.92 Å². The van der Waals surface area contributed by atoms with Crippen LogP contribution in [0.3, 0.4) is 0 Å². The highest BCUT2D eigenvalue weighted by Crippen LogP contribution is 2.34. The Labute approximate surface area is 152 Å². The highest BCUT2D eigenvalue weighted by molar-refractivity contribution is 6.31. The van der Waals surface area contributed by atoms with Crippen LogP contribution in [-0.4, -0.2) is 29.8 Å². The van der Waals surface area contributed by atoms with Crippen LogP contribution < -0.4 is 4.74 Å². The summed E-state index contributed by atoms with van der Waals surface area (Å²) in [6.45, 7) is 1.88. The standard InChI is InChI=1S/C16H10Cl2N6O/c1-9-4-14(23-24-15(9)21-22-16(24)18)25-13-3-2-11(17)5-12(13)10-6-19-8-20-7-10/h2-8H,1H3. The van der Waals surface area contributed by atoms with Crippen molar-refractivity contribution in [1.29, 1.82) is 0 Å². The molecule has 0 aliphatic heterocycles. The lowest BCUT2D eigenvalue weighted by Gasteiger charge is -2.11. The molecule has 25 heavy (non-hydrogen) atoms. The van der Waals surface area contributed by atoms with E-state index >= 15 is 0 Å². The predicted molar refractivity (Wildman–Crippen MR) is 93.1 cm³/mol. The van der Waals surface area contributed by atoms with Crippen molar-refractivity contribution in [3.05, 3.63) is 58.9 Å². The fourth-order valence-electron chi connectivity index (χ4n) is 2.39. The van der Waals surface area contributed by atoms with Crippen LogP contribution in [0.4, 0.5) is 0 Å². The molecule has 0 saturated carbocycles. The molecule has 3 heterocycles. The molecule has 0 radical (unpaired) electrons. The zero-order chi connectivity index (χ0) is 17.4. The second kappa shape index (κ2) is 6.27. The summed E-state index contributed by atoms with van der Waals surface area (Å²) in [6.07, 6.45) is 4.83. The second-order valence-electron chi connectivity index (χ2n) is 5.24. The first-order valence-electron chi connectivity index (χ1n) is 7.23. The summed E-state index contributed by atoms with van der Waals surface area (Å²) in [5, 5.41) is 12.8. The van der Waals surface area contributed by atoms with Gasteiger partial charge in [0.05, 0.1) is 0 Å². The molecule has 3 aromatic heterocycles. The average Bonchev–Trinajstić information content (AvgIpc) is 2.99. The molecule has 4 rings (SSSR count). The summed E-state index contributed by atoms with van der Waals surface area (Å²) in [4.78, 5) is 8.07. The number of halogens is 2. The largest absolute Gasteiger partial charge is 0.437 e. The first kappa shape index (κ1) is 15.7. The van der Waals surface area contributed by atoms with Crippen molar-refractivity contribution >= 4 is 28.8 Å². The minimum absolute atomic E-state index is 0.163. The monoisotopic (exact) mass is 372 g/mol. The van der Waals surface area contributed by atoms with Crippen molar-refractivity contribution in [1.82, 2.24) is 29.8 Å². The molecule has 124 valence electrons. The van der Waals surface area contributed by atoms with Crippen LogP contribution in [-0.2, 0) is 0 Å². The summed E-state index contributed by atoms with van der Waals surface area (Å²) in [5.41, 5.74) is 2.94. The van der Waals surface area contributed by atoms with Crippen molar-refractivity contribution in [2.24, 2.45) is 0 Å². The van der Waals surface area contributed by atoms with Gasteiger partial charge in [-0.2, -0.15) is 4.52 Å². The molecule has 0 unspecified atom stereocenters. The number of aromatic nitrogens is 6. The van der Waals surface area contributed by atoms with Gasteiger partial charge < -0.3 is 4.74 Å². The van der Waals surface area contributed by atoms with Gasteiger partial charge in [0.15, 0.2) is 5.65 Å². The molecule has 0 spiro atoms. The Balaban J connectivity index is 1.80. The lowest BCUT2D eigenvalue weighted by Crippen LogP contribution is -1.99. The zero-order valence-corrected chi connectivity index (χ0v) is 14.4. The lowest BCUT2D eigenvalue weighted by atomic mass is 10.1. The summed E-state index contributed by atoms with van der Waals surface area (Å²) in [7, 11) is 0. The maximum Gasteiger partial charge on any atom is 0.246 e. The van der Waals surface area contributed by atoms with Gasteiger partial charge >= 0.3 is 0 Å². The molecule has 0 bridgehead atoms. The zero-order valence-electron chi connectivity index (χ0n) is 12.9. The number of benzene rings is 1. The SMILES string of the molecule is Cc1cc(Oc2ccc(Cl)cc2-c2cncnc2)nn2c(Cl)nnc12. The van der Waals surface area contributed by atoms with E-state index < -0.39 is 0 Å². The molecule has 0 saturated heterocycles. The summed E-state index contributed by atoms with van der Waals surface area (Å²) >= 11 is 12.1. The van der Waals surface area contributed by atoms with Gasteiger partial charge in [-0.05, 0) is 36.7 Å². The maximum atomic E-state index is 6.13. The molecule has 1 aromatic carbocycles. The van der Waals surface area contributed by atoms with Gasteiger partial charge in [0, 0.05) is 40.2 Å². The Morgan fingerprint density at radius 2 is 1.84 bits per heavy atom. The number of aryl methyl sites for hydroxylation is 1. The Hall–Kier alpha value is -2.77. The van der Waals surface area contributed by atoms with Crippen molar-refractivity contribution in [3.8, 4) is 22.8 Å². The van der Waals surface area contributed by atoms with E-state index in [9.17, 15) is 0 Å². The van der Waals surface area contributed by atoms with Gasteiger partial charge in [-0.25, -0.2) is 9.97 Å². The van der Waals surface area contributed by atoms with Crippen molar-refractivity contribution < 1.29 is 4.74 Å². The fraction of sp³-hybridized carbons (Fsp3) is 0.0625. The average molecular weight is 373 g/mol. The molecule has 0 aliphatic carbocycles. The quantitative estimate of drug-likeness (QED) is 0.540. The van der Waals surface area contributed by atoms with E-state index in [1.807, 2.05) is 6.92 Å². The van der Waals surface area contributed by atoms with E-state index in [-0.39, 0.29) is 5.28 Å². The van der Waals surface area contributed by atoms with E-state index in [4.69, 9.17) is 27.9 Å². The van der Waals surface area contributed by atoms with Crippen LogP contribution in [0.25, 0.3) is 16.8 Å². The summed E-state index contributed by atoms with van der Waals surface area (Å²) < 4.78 is 7.40. The van der Waals surface area contributed by atoms with Crippen LogP contribution in [0.15, 0.2) is 43.0 Å². The molecular weight excluding hydrogens is 363 g/mol. The molecular formula is C16H10Cl2N6O. The van der Waals surface area contributed by atoms with Crippen molar-refractivity contribution in [2.75, 3.05) is 0 Å². The Kier molecular flexibility index (Phi) is 3.95. The molecule has 0 fully saturated rings. The number of fused-ring (bicyclic) bond motifs is 1. The third kappa shape index (κ3) is 2.99. The third-order valence-corrected chi connectivity index (χ3v) is 3.99. The van der Waals surface area contributed by atoms with Gasteiger partial charge in [-0.3, -0.25) is 0 Å². The number of nitrogens with zero attached hydrogens (tertiary/aromatic N) is 6. The van der Waals surface area contributed by atoms with Gasteiger partial charge in [0.25, 0.3) is 0 Å². The van der Waals surface area contributed by atoms with Gasteiger partial charge in [-0.15, -0.1) is 15.3 Å². The molecule has 0 atom stereocenters. The van der Waals surface area contributed by atoms with Gasteiger partial charge in [-0.1, -0.05) is 11.6 Å². The van der Waals surface area contributed by atoms with E-state index in [2.05, 4.69) is 25.3 Å². The Morgan fingerprint density at radius 1 is 1.04 bits per heavy atom. The molecule has 0 amide bonds. The van der Waals surface area contributed by atoms with Crippen LogP contribution in [0.5, 0.6) is 11.6 Å². The van der Waals surface area contributed by atoms with Crippen LogP contribution >= 0.6 is 23.2 Å². The first-order valence-corrected chi connectivity index (χ1v) is 7.99. The normalized spacial score (nSPS) is 11.0. The fourth-order valence-corrected chi connectivity index (χ4v) is 2.72. The van der Waals surface area contributed by atoms with Crippen LogP contribution in [0.1, 0.15) is 5.56 Å². The molecule has 4 aromatic rings. The summed E-state index contributed by atoms with van der Waals surface area (Å²) in [6, 6.07) is 7.05. The maximum absolute atomic E-state index is 6.13. The lowest BCUT2D eigenvalue weighted by molar-refractivity contribution is 0.453. The third-order valence-electron chi connectivity index (χ3n) is 3.52. The number of rotatable bonds is 3. The van der Waals surface area contributed by atoms with Crippen LogP contribution in [0, 0.1) is 6.92 Å². The van der Waals surface area contributed by atoms with Gasteiger partial charge in [0.2, 0.25) is 11.2 Å².